The molecule has 0 aliphatic carbocycles. The normalized spacial score (nSPS) is 12.9. The van der Waals surface area contributed by atoms with Gasteiger partial charge in [-0.3, -0.25) is 10.1 Å². The first-order valence-corrected chi connectivity index (χ1v) is 7.19. The van der Waals surface area contributed by atoms with Crippen LogP contribution in [0.3, 0.4) is 0 Å². The fraction of sp³-hybridized carbons (Fsp3) is 0.235. The number of nitrogens with one attached hydrogen (secondary N) is 1. The van der Waals surface area contributed by atoms with Crippen molar-refractivity contribution in [3.8, 4) is 6.07 Å². The van der Waals surface area contributed by atoms with Crippen LogP contribution >= 0.6 is 0 Å². The zero-order chi connectivity index (χ0) is 16.8. The lowest BCUT2D eigenvalue weighted by Crippen LogP contribution is -2.18. The summed E-state index contributed by atoms with van der Waals surface area (Å²) in [6.07, 6.45) is -0.129. The van der Waals surface area contributed by atoms with E-state index < -0.39 is 11.0 Å². The van der Waals surface area contributed by atoms with E-state index in [1.54, 1.807) is 6.07 Å². The minimum atomic E-state index is -0.604. The van der Waals surface area contributed by atoms with Crippen molar-refractivity contribution < 1.29 is 10.0 Å². The largest absolute Gasteiger partial charge is 0.388 e. The third kappa shape index (κ3) is 4.28. The Hall–Kier alpha value is -2.91. The van der Waals surface area contributed by atoms with Crippen LogP contribution in [0.4, 0.5) is 11.4 Å². The number of nitro groups is 1. The van der Waals surface area contributed by atoms with Crippen molar-refractivity contribution >= 4 is 11.4 Å². The third-order valence-corrected chi connectivity index (χ3v) is 3.49. The summed E-state index contributed by atoms with van der Waals surface area (Å²) < 4.78 is 0. The van der Waals surface area contributed by atoms with Crippen LogP contribution in [0.25, 0.3) is 0 Å². The van der Waals surface area contributed by atoms with Gasteiger partial charge in [-0.15, -0.1) is 0 Å². The van der Waals surface area contributed by atoms with Crippen molar-refractivity contribution in [1.29, 1.82) is 5.26 Å². The van der Waals surface area contributed by atoms with Gasteiger partial charge in [0.05, 0.1) is 11.0 Å². The first-order chi connectivity index (χ1) is 11.0. The van der Waals surface area contributed by atoms with Gasteiger partial charge in [-0.05, 0) is 31.0 Å². The Morgan fingerprint density at radius 2 is 2.00 bits per heavy atom. The molecule has 2 atom stereocenters. The van der Waals surface area contributed by atoms with Crippen LogP contribution < -0.4 is 5.32 Å². The van der Waals surface area contributed by atoms with E-state index in [4.69, 9.17) is 5.26 Å². The summed E-state index contributed by atoms with van der Waals surface area (Å²) in [5.74, 6) is 0. The SMILES string of the molecule is C[C@@H](C[C@@H](O)c1ccccc1)Nc1ccc([N+](=O)[O-])c(C#N)c1. The smallest absolute Gasteiger partial charge is 0.287 e. The maximum Gasteiger partial charge on any atom is 0.287 e. The molecule has 0 spiro atoms. The summed E-state index contributed by atoms with van der Waals surface area (Å²) in [5, 5.41) is 33.2. The number of hydrogen-bond donors (Lipinski definition) is 2. The van der Waals surface area contributed by atoms with Crippen molar-refractivity contribution in [2.75, 3.05) is 5.32 Å². The molecule has 0 aliphatic rings. The molecule has 0 bridgehead atoms. The Bertz CT molecular complexity index is 726. The summed E-state index contributed by atoms with van der Waals surface area (Å²) in [6.45, 7) is 1.90. The van der Waals surface area contributed by atoms with Crippen LogP contribution in [0.2, 0.25) is 0 Å². The number of aliphatic hydroxyl groups is 1. The van der Waals surface area contributed by atoms with Gasteiger partial charge in [-0.2, -0.15) is 5.26 Å². The van der Waals surface area contributed by atoms with Crippen LogP contribution in [0.15, 0.2) is 48.5 Å². The number of hydrogen-bond acceptors (Lipinski definition) is 5. The molecular formula is C17H17N3O3. The van der Waals surface area contributed by atoms with Crippen LogP contribution in [0.5, 0.6) is 0 Å². The average Bonchev–Trinajstić information content (AvgIpc) is 2.55. The molecule has 0 heterocycles. The molecule has 6 heteroatoms. The van der Waals surface area contributed by atoms with Gasteiger partial charge in [0.25, 0.3) is 5.69 Å². The van der Waals surface area contributed by atoms with Crippen molar-refractivity contribution in [2.45, 2.75) is 25.5 Å². The highest BCUT2D eigenvalue weighted by atomic mass is 16.6. The van der Waals surface area contributed by atoms with Gasteiger partial charge < -0.3 is 10.4 Å². The number of rotatable bonds is 6. The minimum absolute atomic E-state index is 0.0100. The Labute approximate surface area is 134 Å². The van der Waals surface area contributed by atoms with Crippen molar-refractivity contribution in [3.63, 3.8) is 0 Å². The molecule has 0 unspecified atom stereocenters. The Balaban J connectivity index is 2.04. The zero-order valence-corrected chi connectivity index (χ0v) is 12.6. The molecule has 0 saturated heterocycles. The lowest BCUT2D eigenvalue weighted by Gasteiger charge is -2.19. The zero-order valence-electron chi connectivity index (χ0n) is 12.6. The molecule has 0 saturated carbocycles. The highest BCUT2D eigenvalue weighted by Crippen LogP contribution is 2.24. The van der Waals surface area contributed by atoms with E-state index >= 15 is 0 Å². The maximum absolute atomic E-state index is 10.8. The second-order valence-electron chi connectivity index (χ2n) is 5.31. The molecule has 2 N–H and O–H groups in total. The highest BCUT2D eigenvalue weighted by Gasteiger charge is 2.16. The molecule has 0 fully saturated rings. The number of anilines is 1. The van der Waals surface area contributed by atoms with Gasteiger partial charge in [0.1, 0.15) is 11.6 Å². The van der Waals surface area contributed by atoms with Crippen LogP contribution in [0.1, 0.15) is 30.6 Å². The predicted octanol–water partition coefficient (Wildman–Crippen LogP) is 3.39. The van der Waals surface area contributed by atoms with Gasteiger partial charge in [0.2, 0.25) is 0 Å². The summed E-state index contributed by atoms with van der Waals surface area (Å²) in [5.41, 5.74) is 1.24. The van der Waals surface area contributed by atoms with E-state index in [0.29, 0.717) is 12.1 Å². The molecule has 2 aromatic carbocycles. The van der Waals surface area contributed by atoms with E-state index in [0.717, 1.165) is 5.56 Å². The van der Waals surface area contributed by atoms with Gasteiger partial charge in [0, 0.05) is 17.8 Å². The number of nitrogens with zero attached hydrogens (tertiary/aromatic N) is 2. The standard InChI is InChI=1S/C17H17N3O3/c1-12(9-17(21)13-5-3-2-4-6-13)19-15-7-8-16(20(22)23)14(10-15)11-18/h2-8,10,12,17,19,21H,9H2,1H3/t12-,17+/m0/s1. The lowest BCUT2D eigenvalue weighted by atomic mass is 10.0. The molecule has 2 aromatic rings. The first kappa shape index (κ1) is 16.5. The molecule has 0 aliphatic heterocycles. The van der Waals surface area contributed by atoms with E-state index in [-0.39, 0.29) is 17.3 Å². The highest BCUT2D eigenvalue weighted by molar-refractivity contribution is 5.58. The van der Waals surface area contributed by atoms with Crippen LogP contribution in [-0.4, -0.2) is 16.1 Å². The Morgan fingerprint density at radius 1 is 1.30 bits per heavy atom. The Kier molecular flexibility index (Phi) is 5.28. The molecule has 0 radical (unpaired) electrons. The fourth-order valence-electron chi connectivity index (χ4n) is 2.36. The van der Waals surface area contributed by atoms with E-state index in [1.165, 1.54) is 12.1 Å². The lowest BCUT2D eigenvalue weighted by molar-refractivity contribution is -0.385. The molecule has 0 amide bonds. The number of nitriles is 1. The molecule has 118 valence electrons. The Morgan fingerprint density at radius 3 is 2.61 bits per heavy atom. The summed E-state index contributed by atoms with van der Waals surface area (Å²) in [6, 6.07) is 15.4. The third-order valence-electron chi connectivity index (χ3n) is 3.49. The second kappa shape index (κ2) is 7.38. The summed E-state index contributed by atoms with van der Waals surface area (Å²) in [7, 11) is 0. The number of aliphatic hydroxyl groups excluding tert-OH is 1. The van der Waals surface area contributed by atoms with Gasteiger partial charge >= 0.3 is 0 Å². The molecule has 2 rings (SSSR count). The van der Waals surface area contributed by atoms with Crippen LogP contribution in [-0.2, 0) is 0 Å². The predicted molar refractivity (Wildman–Crippen MR) is 86.9 cm³/mol. The van der Waals surface area contributed by atoms with Crippen molar-refractivity contribution in [1.82, 2.24) is 0 Å². The quantitative estimate of drug-likeness (QED) is 0.629. The molecule has 23 heavy (non-hydrogen) atoms. The van der Waals surface area contributed by atoms with E-state index in [1.807, 2.05) is 43.3 Å². The summed E-state index contributed by atoms with van der Waals surface area (Å²) >= 11 is 0. The van der Waals surface area contributed by atoms with Crippen molar-refractivity contribution in [3.05, 3.63) is 69.8 Å². The average molecular weight is 311 g/mol. The van der Waals surface area contributed by atoms with Gasteiger partial charge in [-0.25, -0.2) is 0 Å². The van der Waals surface area contributed by atoms with Crippen molar-refractivity contribution in [2.24, 2.45) is 0 Å². The van der Waals surface area contributed by atoms with Crippen LogP contribution in [0, 0.1) is 21.4 Å². The molecule has 6 nitrogen and oxygen atoms in total. The van der Waals surface area contributed by atoms with E-state index in [9.17, 15) is 15.2 Å². The van der Waals surface area contributed by atoms with Gasteiger partial charge in [-0.1, -0.05) is 30.3 Å². The topological polar surface area (TPSA) is 99.2 Å². The van der Waals surface area contributed by atoms with E-state index in [2.05, 4.69) is 5.32 Å². The first-order valence-electron chi connectivity index (χ1n) is 7.19. The fourth-order valence-corrected chi connectivity index (χ4v) is 2.36. The molecule has 0 aromatic heterocycles. The molecular weight excluding hydrogens is 294 g/mol. The number of nitro benzene ring substituents is 1. The second-order valence-corrected chi connectivity index (χ2v) is 5.31. The van der Waals surface area contributed by atoms with Gasteiger partial charge in [0.15, 0.2) is 0 Å². The summed E-state index contributed by atoms with van der Waals surface area (Å²) in [4.78, 5) is 10.2. The maximum atomic E-state index is 10.8. The minimum Gasteiger partial charge on any atom is -0.388 e. The number of benzene rings is 2. The monoisotopic (exact) mass is 311 g/mol.